The van der Waals surface area contributed by atoms with Crippen LogP contribution in [0.1, 0.15) is 51.0 Å². The Balaban J connectivity index is 1.34. The van der Waals surface area contributed by atoms with E-state index < -0.39 is 23.3 Å². The van der Waals surface area contributed by atoms with Gasteiger partial charge in [0.2, 0.25) is 5.91 Å². The number of hydrogen-bond acceptors (Lipinski definition) is 5. The van der Waals surface area contributed by atoms with E-state index in [4.69, 9.17) is 4.74 Å². The van der Waals surface area contributed by atoms with Gasteiger partial charge in [0.15, 0.2) is 0 Å². The normalized spacial score (nSPS) is 30.5. The highest BCUT2D eigenvalue weighted by Crippen LogP contribution is 2.39. The number of ketones is 1. The molecule has 2 aromatic carbocycles. The zero-order valence-corrected chi connectivity index (χ0v) is 21.2. The van der Waals surface area contributed by atoms with Gasteiger partial charge in [0.1, 0.15) is 11.6 Å². The number of hydrogen-bond donors (Lipinski definition) is 1. The average molecular weight is 493 g/mol. The van der Waals surface area contributed by atoms with E-state index in [0.717, 1.165) is 35.6 Å². The van der Waals surface area contributed by atoms with Crippen LogP contribution in [-0.4, -0.2) is 70.5 Å². The first-order valence-electron chi connectivity index (χ1n) is 13.2. The predicted molar refractivity (Wildman–Crippen MR) is 136 cm³/mol. The van der Waals surface area contributed by atoms with E-state index in [1.807, 2.05) is 30.0 Å². The first-order valence-corrected chi connectivity index (χ1v) is 13.2. The molecule has 2 bridgehead atoms. The number of aliphatic hydroxyl groups is 1. The van der Waals surface area contributed by atoms with Crippen molar-refractivity contribution in [2.45, 2.75) is 69.7 Å². The molecule has 7 nitrogen and oxygen atoms in total. The second-order valence-electron chi connectivity index (χ2n) is 11.0. The van der Waals surface area contributed by atoms with E-state index in [9.17, 15) is 19.5 Å². The van der Waals surface area contributed by atoms with Crippen molar-refractivity contribution in [2.75, 3.05) is 20.3 Å². The molecule has 5 atom stereocenters. The number of nitrogens with zero attached hydrogens (tertiary/aromatic N) is 2. The largest absolute Gasteiger partial charge is 0.384 e. The fourth-order valence-corrected chi connectivity index (χ4v) is 6.53. The highest BCUT2D eigenvalue weighted by molar-refractivity contribution is 6.39. The van der Waals surface area contributed by atoms with Crippen LogP contribution in [0.3, 0.4) is 0 Å². The quantitative estimate of drug-likeness (QED) is 0.625. The molecule has 3 fully saturated rings. The number of Topliss-reactive ketones (excluding diaryl/α,β-unsaturated/α-hetero) is 1. The Morgan fingerprint density at radius 3 is 2.64 bits per heavy atom. The van der Waals surface area contributed by atoms with E-state index >= 15 is 0 Å². The molecule has 2 aromatic rings. The number of likely N-dealkylation sites (tertiary alicyclic amines) is 1. The molecule has 0 radical (unpaired) electrons. The maximum absolute atomic E-state index is 13.6. The summed E-state index contributed by atoms with van der Waals surface area (Å²) in [5.74, 6) is -1.85. The van der Waals surface area contributed by atoms with E-state index in [-0.39, 0.29) is 30.2 Å². The van der Waals surface area contributed by atoms with Crippen molar-refractivity contribution in [1.29, 1.82) is 0 Å². The Bertz CT molecular complexity index is 1170. The van der Waals surface area contributed by atoms with E-state index in [2.05, 4.69) is 24.3 Å². The van der Waals surface area contributed by atoms with Gasteiger partial charge in [-0.1, -0.05) is 43.3 Å². The predicted octanol–water partition coefficient (Wildman–Crippen LogP) is 3.31. The second-order valence-corrected chi connectivity index (χ2v) is 11.0. The molecule has 2 aliphatic heterocycles. The van der Waals surface area contributed by atoms with Gasteiger partial charge < -0.3 is 19.6 Å². The van der Waals surface area contributed by atoms with E-state index in [0.29, 0.717) is 32.5 Å². The van der Waals surface area contributed by atoms with Crippen LogP contribution in [0.25, 0.3) is 10.8 Å². The third-order valence-corrected chi connectivity index (χ3v) is 8.61. The van der Waals surface area contributed by atoms with Crippen molar-refractivity contribution in [3.05, 3.63) is 48.0 Å². The lowest BCUT2D eigenvalue weighted by Gasteiger charge is -2.50. The third-order valence-electron chi connectivity index (χ3n) is 8.61. The molecule has 192 valence electrons. The smallest absolute Gasteiger partial charge is 0.294 e. The lowest BCUT2D eigenvalue weighted by Crippen LogP contribution is -2.68. The van der Waals surface area contributed by atoms with Crippen molar-refractivity contribution < 1.29 is 24.2 Å². The maximum atomic E-state index is 13.6. The zero-order valence-electron chi connectivity index (χ0n) is 21.2. The van der Waals surface area contributed by atoms with E-state index in [1.54, 1.807) is 7.11 Å². The van der Waals surface area contributed by atoms with Gasteiger partial charge in [0.05, 0.1) is 6.04 Å². The van der Waals surface area contributed by atoms with Crippen molar-refractivity contribution >= 4 is 28.4 Å². The van der Waals surface area contributed by atoms with Crippen LogP contribution in [0.4, 0.5) is 0 Å². The molecule has 36 heavy (non-hydrogen) atoms. The van der Waals surface area contributed by atoms with Crippen LogP contribution >= 0.6 is 0 Å². The molecule has 1 saturated carbocycles. The van der Waals surface area contributed by atoms with Gasteiger partial charge in [0.25, 0.3) is 11.7 Å². The summed E-state index contributed by atoms with van der Waals surface area (Å²) < 4.78 is 5.26. The topological polar surface area (TPSA) is 87.1 Å². The van der Waals surface area contributed by atoms with Crippen molar-refractivity contribution in [3.63, 3.8) is 0 Å². The van der Waals surface area contributed by atoms with Crippen LogP contribution in [0.15, 0.2) is 42.5 Å². The van der Waals surface area contributed by atoms with Crippen LogP contribution in [-0.2, 0) is 25.7 Å². The van der Waals surface area contributed by atoms with E-state index in [1.165, 1.54) is 4.90 Å². The Hall–Kier alpha value is -2.77. The molecule has 0 aromatic heterocycles. The number of carbonyl (C=O) groups excluding carboxylic acids is 3. The highest BCUT2D eigenvalue weighted by atomic mass is 16.5. The van der Waals surface area contributed by atoms with Crippen LogP contribution in [0.2, 0.25) is 0 Å². The third kappa shape index (κ3) is 4.43. The zero-order chi connectivity index (χ0) is 25.4. The Labute approximate surface area is 212 Å². The molecule has 7 heteroatoms. The number of carbonyl (C=O) groups is 3. The Morgan fingerprint density at radius 2 is 1.86 bits per heavy atom. The second kappa shape index (κ2) is 9.94. The summed E-state index contributed by atoms with van der Waals surface area (Å²) in [7, 11) is 1.61. The molecule has 0 spiro atoms. The summed E-state index contributed by atoms with van der Waals surface area (Å²) >= 11 is 0. The highest BCUT2D eigenvalue weighted by Gasteiger charge is 2.53. The number of methoxy groups -OCH3 is 1. The van der Waals surface area contributed by atoms with Crippen molar-refractivity contribution in [3.8, 4) is 0 Å². The number of amides is 2. The maximum Gasteiger partial charge on any atom is 0.294 e. The molecular formula is C29H36N2O5. The number of fused-ring (bicyclic) bond motifs is 3. The summed E-state index contributed by atoms with van der Waals surface area (Å²) in [4.78, 5) is 44.0. The van der Waals surface area contributed by atoms with Gasteiger partial charge in [-0.25, -0.2) is 0 Å². The van der Waals surface area contributed by atoms with Gasteiger partial charge in [-0.05, 0) is 72.8 Å². The van der Waals surface area contributed by atoms with Crippen molar-refractivity contribution in [1.82, 2.24) is 9.80 Å². The number of piperazine rings is 1. The van der Waals surface area contributed by atoms with Gasteiger partial charge in [-0.2, -0.15) is 0 Å². The lowest BCUT2D eigenvalue weighted by molar-refractivity contribution is -0.172. The standard InChI is InChI=1S/C29H36N2O5/c1-19-10-11-21(18-36-2)15-29(19,35)26(32)28(34)31-24-8-5-9-25(31)27(33)30(17-24)16-20-12-13-22-6-3-4-7-23(22)14-20/h3-4,6-7,12-14,19,21,24-25,35H,5,8-11,15-18H2,1-2H3/t19-,21-,24?,25?,29+/m1/s1. The van der Waals surface area contributed by atoms with Gasteiger partial charge in [-0.3, -0.25) is 14.4 Å². The fraction of sp³-hybridized carbons (Fsp3) is 0.552. The number of piperidine rings is 1. The lowest BCUT2D eigenvalue weighted by atomic mass is 9.69. The molecule has 3 aliphatic rings. The molecular weight excluding hydrogens is 456 g/mol. The first-order chi connectivity index (χ1) is 17.3. The van der Waals surface area contributed by atoms with Gasteiger partial charge in [0, 0.05) is 26.8 Å². The molecule has 1 aliphatic carbocycles. The number of rotatable bonds is 6. The minimum absolute atomic E-state index is 0.0351. The van der Waals surface area contributed by atoms with Gasteiger partial charge >= 0.3 is 0 Å². The summed E-state index contributed by atoms with van der Waals surface area (Å²) in [5, 5.41) is 13.7. The van der Waals surface area contributed by atoms with Crippen LogP contribution in [0, 0.1) is 11.8 Å². The van der Waals surface area contributed by atoms with Crippen LogP contribution < -0.4 is 0 Å². The first kappa shape index (κ1) is 24.9. The summed E-state index contributed by atoms with van der Waals surface area (Å²) in [5.41, 5.74) is -0.663. The molecule has 1 N–H and O–H groups in total. The molecule has 5 rings (SSSR count). The number of benzene rings is 2. The Kier molecular flexibility index (Phi) is 6.88. The molecule has 2 heterocycles. The number of ether oxygens (including phenoxy) is 1. The molecule has 2 saturated heterocycles. The average Bonchev–Trinajstić information content (AvgIpc) is 2.88. The van der Waals surface area contributed by atoms with Crippen LogP contribution in [0.5, 0.6) is 0 Å². The van der Waals surface area contributed by atoms with Gasteiger partial charge in [-0.15, -0.1) is 0 Å². The molecule has 2 unspecified atom stereocenters. The van der Waals surface area contributed by atoms with Crippen molar-refractivity contribution in [2.24, 2.45) is 11.8 Å². The Morgan fingerprint density at radius 1 is 1.08 bits per heavy atom. The minimum Gasteiger partial charge on any atom is -0.384 e. The minimum atomic E-state index is -1.71. The monoisotopic (exact) mass is 492 g/mol. The summed E-state index contributed by atoms with van der Waals surface area (Å²) in [6.07, 6.45) is 3.88. The molecule has 2 amide bonds. The summed E-state index contributed by atoms with van der Waals surface area (Å²) in [6, 6.07) is 13.5. The summed E-state index contributed by atoms with van der Waals surface area (Å²) in [6.45, 7) is 3.17. The fourth-order valence-electron chi connectivity index (χ4n) is 6.53. The SMILES string of the molecule is COC[C@@H]1CC[C@@H](C)[C@](O)(C(=O)C(=O)N2C3CCCC2C(=O)N(Cc2ccc4ccccc4c2)C3)C1.